The van der Waals surface area contributed by atoms with Gasteiger partial charge in [-0.15, -0.1) is 0 Å². The molecule has 19 heavy (non-hydrogen) atoms. The number of anilines is 1. The maximum absolute atomic E-state index is 11.3. The van der Waals surface area contributed by atoms with E-state index in [1.807, 2.05) is 12.1 Å². The molecule has 0 bridgehead atoms. The van der Waals surface area contributed by atoms with E-state index in [1.165, 1.54) is 31.9 Å². The molecule has 1 aliphatic carbocycles. The van der Waals surface area contributed by atoms with Crippen molar-refractivity contribution in [3.63, 3.8) is 0 Å². The average molecular weight is 279 g/mol. The Morgan fingerprint density at radius 2 is 1.89 bits per heavy atom. The van der Waals surface area contributed by atoms with Crippen LogP contribution in [-0.2, 0) is 9.84 Å². The monoisotopic (exact) mass is 279 g/mol. The summed E-state index contributed by atoms with van der Waals surface area (Å²) in [5.41, 5.74) is 2.52. The molecule has 0 amide bonds. The van der Waals surface area contributed by atoms with Crippen LogP contribution in [0.25, 0.3) is 0 Å². The van der Waals surface area contributed by atoms with E-state index in [0.717, 1.165) is 18.7 Å². The molecule has 0 heterocycles. The zero-order valence-corrected chi connectivity index (χ0v) is 12.2. The summed E-state index contributed by atoms with van der Waals surface area (Å²) in [5, 5.41) is 3.33. The fourth-order valence-corrected chi connectivity index (χ4v) is 2.95. The molecule has 1 aromatic rings. The summed E-state index contributed by atoms with van der Waals surface area (Å²) in [6.07, 6.45) is 9.75. The van der Waals surface area contributed by atoms with E-state index in [0.29, 0.717) is 4.90 Å². The minimum absolute atomic E-state index is 0.369. The highest BCUT2D eigenvalue weighted by Crippen LogP contribution is 2.20. The topological polar surface area (TPSA) is 46.2 Å². The molecule has 0 saturated carbocycles. The first-order valence-corrected chi connectivity index (χ1v) is 8.67. The molecule has 0 atom stereocenters. The number of sulfone groups is 1. The maximum Gasteiger partial charge on any atom is 0.175 e. The lowest BCUT2D eigenvalue weighted by Crippen LogP contribution is -2.05. The van der Waals surface area contributed by atoms with Crippen molar-refractivity contribution in [2.24, 2.45) is 0 Å². The van der Waals surface area contributed by atoms with Crippen molar-refractivity contribution in [3.8, 4) is 0 Å². The van der Waals surface area contributed by atoms with Gasteiger partial charge in [0.1, 0.15) is 0 Å². The van der Waals surface area contributed by atoms with Crippen LogP contribution in [0.15, 0.2) is 40.8 Å². The van der Waals surface area contributed by atoms with Crippen LogP contribution < -0.4 is 5.32 Å². The minimum atomic E-state index is -3.09. The standard InChI is InChI=1S/C15H21NO2S/c1-19(17,18)15-9-7-14(8-10-15)16-12-11-13-5-3-2-4-6-13/h5,7-10,16H,2-4,6,11-12H2,1H3. The summed E-state index contributed by atoms with van der Waals surface area (Å²) in [6.45, 7) is 0.907. The van der Waals surface area contributed by atoms with E-state index < -0.39 is 9.84 Å². The first-order valence-electron chi connectivity index (χ1n) is 6.77. The van der Waals surface area contributed by atoms with Crippen molar-refractivity contribution in [2.45, 2.75) is 37.0 Å². The van der Waals surface area contributed by atoms with E-state index in [4.69, 9.17) is 0 Å². The molecule has 3 nitrogen and oxygen atoms in total. The second kappa shape index (κ2) is 6.24. The molecular formula is C15H21NO2S. The normalized spacial score (nSPS) is 15.9. The van der Waals surface area contributed by atoms with Crippen LogP contribution in [0.4, 0.5) is 5.69 Å². The smallest absolute Gasteiger partial charge is 0.175 e. The molecule has 1 N–H and O–H groups in total. The number of nitrogens with one attached hydrogen (secondary N) is 1. The van der Waals surface area contributed by atoms with Crippen molar-refractivity contribution in [1.82, 2.24) is 0 Å². The number of rotatable bonds is 5. The maximum atomic E-state index is 11.3. The fourth-order valence-electron chi connectivity index (χ4n) is 2.32. The summed E-state index contributed by atoms with van der Waals surface area (Å²) in [7, 11) is -3.09. The van der Waals surface area contributed by atoms with Crippen LogP contribution in [0.5, 0.6) is 0 Å². The van der Waals surface area contributed by atoms with Crippen LogP contribution in [0, 0.1) is 0 Å². The van der Waals surface area contributed by atoms with Crippen molar-refractivity contribution in [3.05, 3.63) is 35.9 Å². The van der Waals surface area contributed by atoms with Gasteiger partial charge in [-0.1, -0.05) is 11.6 Å². The first-order chi connectivity index (χ1) is 9.05. The van der Waals surface area contributed by atoms with Gasteiger partial charge in [-0.2, -0.15) is 0 Å². The lowest BCUT2D eigenvalue weighted by Gasteiger charge is -2.13. The van der Waals surface area contributed by atoms with E-state index in [2.05, 4.69) is 11.4 Å². The summed E-state index contributed by atoms with van der Waals surface area (Å²) < 4.78 is 22.7. The Labute approximate surface area is 115 Å². The molecule has 0 saturated heterocycles. The average Bonchev–Trinajstić information content (AvgIpc) is 2.39. The molecule has 0 aliphatic heterocycles. The van der Waals surface area contributed by atoms with Crippen molar-refractivity contribution in [2.75, 3.05) is 18.1 Å². The van der Waals surface area contributed by atoms with Crippen LogP contribution in [-0.4, -0.2) is 21.2 Å². The molecule has 0 aromatic heterocycles. The summed E-state index contributed by atoms with van der Waals surface area (Å²) in [5.74, 6) is 0. The minimum Gasteiger partial charge on any atom is -0.385 e. The molecular weight excluding hydrogens is 258 g/mol. The van der Waals surface area contributed by atoms with Gasteiger partial charge in [0, 0.05) is 18.5 Å². The predicted octanol–water partition coefficient (Wildman–Crippen LogP) is 3.39. The van der Waals surface area contributed by atoms with Crippen molar-refractivity contribution >= 4 is 15.5 Å². The number of hydrogen-bond acceptors (Lipinski definition) is 3. The van der Waals surface area contributed by atoms with Crippen molar-refractivity contribution < 1.29 is 8.42 Å². The second-order valence-corrected chi connectivity index (χ2v) is 7.10. The van der Waals surface area contributed by atoms with Crippen molar-refractivity contribution in [1.29, 1.82) is 0 Å². The Balaban J connectivity index is 1.85. The predicted molar refractivity (Wildman–Crippen MR) is 79.2 cm³/mol. The molecule has 4 heteroatoms. The largest absolute Gasteiger partial charge is 0.385 e. The Hall–Kier alpha value is -1.29. The molecule has 2 rings (SSSR count). The van der Waals surface area contributed by atoms with Gasteiger partial charge in [0.05, 0.1) is 4.90 Å². The highest BCUT2D eigenvalue weighted by molar-refractivity contribution is 7.90. The Kier molecular flexibility index (Phi) is 4.64. The van der Waals surface area contributed by atoms with Crippen LogP contribution in [0.1, 0.15) is 32.1 Å². The second-order valence-electron chi connectivity index (χ2n) is 5.08. The zero-order valence-electron chi connectivity index (χ0n) is 11.4. The molecule has 1 aromatic carbocycles. The lowest BCUT2D eigenvalue weighted by molar-refractivity contribution is 0.602. The molecule has 104 valence electrons. The highest BCUT2D eigenvalue weighted by atomic mass is 32.2. The van der Waals surface area contributed by atoms with Gasteiger partial charge in [-0.05, 0) is 56.4 Å². The number of hydrogen-bond donors (Lipinski definition) is 1. The quantitative estimate of drug-likeness (QED) is 0.840. The van der Waals surface area contributed by atoms with Gasteiger partial charge in [0.15, 0.2) is 9.84 Å². The van der Waals surface area contributed by atoms with Crippen LogP contribution in [0.2, 0.25) is 0 Å². The third-order valence-corrected chi connectivity index (χ3v) is 4.57. The van der Waals surface area contributed by atoms with Gasteiger partial charge in [-0.3, -0.25) is 0 Å². The van der Waals surface area contributed by atoms with Gasteiger partial charge in [0.2, 0.25) is 0 Å². The molecule has 0 fully saturated rings. The third kappa shape index (κ3) is 4.39. The van der Waals surface area contributed by atoms with E-state index in [1.54, 1.807) is 17.7 Å². The Morgan fingerprint density at radius 1 is 1.16 bits per heavy atom. The highest BCUT2D eigenvalue weighted by Gasteiger charge is 2.06. The molecule has 0 spiro atoms. The van der Waals surface area contributed by atoms with E-state index >= 15 is 0 Å². The lowest BCUT2D eigenvalue weighted by atomic mass is 9.97. The van der Waals surface area contributed by atoms with E-state index in [-0.39, 0.29) is 0 Å². The van der Waals surface area contributed by atoms with Gasteiger partial charge < -0.3 is 5.32 Å². The Morgan fingerprint density at radius 3 is 2.47 bits per heavy atom. The molecule has 1 aliphatic rings. The number of allylic oxidation sites excluding steroid dienone is 1. The van der Waals surface area contributed by atoms with Gasteiger partial charge >= 0.3 is 0 Å². The fraction of sp³-hybridized carbons (Fsp3) is 0.467. The van der Waals surface area contributed by atoms with Crippen LogP contribution in [0.3, 0.4) is 0 Å². The van der Waals surface area contributed by atoms with Gasteiger partial charge in [0.25, 0.3) is 0 Å². The summed E-state index contributed by atoms with van der Waals surface area (Å²) in [6, 6.07) is 6.95. The zero-order chi connectivity index (χ0) is 13.7. The first kappa shape index (κ1) is 14.1. The number of benzene rings is 1. The van der Waals surface area contributed by atoms with Gasteiger partial charge in [-0.25, -0.2) is 8.42 Å². The Bertz CT molecular complexity index is 544. The van der Waals surface area contributed by atoms with E-state index in [9.17, 15) is 8.42 Å². The molecule has 0 unspecified atom stereocenters. The van der Waals surface area contributed by atoms with Crippen LogP contribution >= 0.6 is 0 Å². The SMILES string of the molecule is CS(=O)(=O)c1ccc(NCCC2=CCCCC2)cc1. The molecule has 0 radical (unpaired) electrons. The summed E-state index contributed by atoms with van der Waals surface area (Å²) >= 11 is 0. The summed E-state index contributed by atoms with van der Waals surface area (Å²) in [4.78, 5) is 0.369. The third-order valence-electron chi connectivity index (χ3n) is 3.44.